The lowest BCUT2D eigenvalue weighted by molar-refractivity contribution is -0.121. The highest BCUT2D eigenvalue weighted by molar-refractivity contribution is 5.85. The van der Waals surface area contributed by atoms with Gasteiger partial charge in [-0.1, -0.05) is 31.7 Å². The fourth-order valence-electron chi connectivity index (χ4n) is 2.84. The van der Waals surface area contributed by atoms with Gasteiger partial charge in [0.15, 0.2) is 0 Å². The molecule has 4 nitrogen and oxygen atoms in total. The summed E-state index contributed by atoms with van der Waals surface area (Å²) in [6, 6.07) is 6.46. The van der Waals surface area contributed by atoms with Crippen molar-refractivity contribution in [1.82, 2.24) is 15.6 Å². The molecule has 0 bridgehead atoms. The Hall–Kier alpha value is -1.13. The zero-order chi connectivity index (χ0) is 14.8. The molecule has 1 aliphatic rings. The lowest BCUT2D eigenvalue weighted by atomic mass is 10.1. The summed E-state index contributed by atoms with van der Waals surface area (Å²) in [5.41, 5.74) is 0.976. The average molecular weight is 326 g/mol. The van der Waals surface area contributed by atoms with E-state index in [0.29, 0.717) is 18.9 Å². The van der Waals surface area contributed by atoms with Crippen LogP contribution in [0.3, 0.4) is 0 Å². The van der Waals surface area contributed by atoms with E-state index < -0.39 is 0 Å². The lowest BCUT2D eigenvalue weighted by Crippen LogP contribution is -2.36. The first-order valence-corrected chi connectivity index (χ1v) is 8.24. The van der Waals surface area contributed by atoms with Crippen LogP contribution in [0.1, 0.15) is 50.6 Å². The zero-order valence-corrected chi connectivity index (χ0v) is 14.0. The molecule has 0 spiro atoms. The quantitative estimate of drug-likeness (QED) is 0.598. The van der Waals surface area contributed by atoms with Gasteiger partial charge in [-0.3, -0.25) is 9.78 Å². The van der Waals surface area contributed by atoms with E-state index in [1.807, 2.05) is 18.2 Å². The number of carbonyl (C=O) groups is 1. The van der Waals surface area contributed by atoms with Gasteiger partial charge in [0.25, 0.3) is 0 Å². The molecule has 1 heterocycles. The van der Waals surface area contributed by atoms with Crippen LogP contribution >= 0.6 is 12.4 Å². The van der Waals surface area contributed by atoms with Crippen LogP contribution in [0.2, 0.25) is 0 Å². The SMILES string of the molecule is Cl.O=C(CCc1ccccn1)NCCNC1CCCCCC1. The topological polar surface area (TPSA) is 54.0 Å². The first-order valence-electron chi connectivity index (χ1n) is 8.24. The van der Waals surface area contributed by atoms with Crippen LogP contribution in [-0.2, 0) is 11.2 Å². The Bertz CT molecular complexity index is 406. The van der Waals surface area contributed by atoms with Gasteiger partial charge in [0, 0.05) is 37.4 Å². The standard InChI is InChI=1S/C17H27N3O.ClH/c21-17(11-10-16-9-5-6-12-18-16)20-14-13-19-15-7-3-1-2-4-8-15;/h5-6,9,12,15,19H,1-4,7-8,10-11,13-14H2,(H,20,21);1H. The Morgan fingerprint density at radius 2 is 1.91 bits per heavy atom. The summed E-state index contributed by atoms with van der Waals surface area (Å²) in [4.78, 5) is 16.0. The van der Waals surface area contributed by atoms with Crippen molar-refractivity contribution in [3.8, 4) is 0 Å². The maximum Gasteiger partial charge on any atom is 0.220 e. The van der Waals surface area contributed by atoms with Gasteiger partial charge >= 0.3 is 0 Å². The van der Waals surface area contributed by atoms with Crippen molar-refractivity contribution in [3.63, 3.8) is 0 Å². The van der Waals surface area contributed by atoms with Gasteiger partial charge in [0.05, 0.1) is 0 Å². The van der Waals surface area contributed by atoms with Crippen LogP contribution in [0.4, 0.5) is 0 Å². The van der Waals surface area contributed by atoms with Gasteiger partial charge < -0.3 is 10.6 Å². The van der Waals surface area contributed by atoms with Crippen LogP contribution in [0, 0.1) is 0 Å². The number of amides is 1. The molecule has 0 radical (unpaired) electrons. The second kappa shape index (κ2) is 11.4. The fourth-order valence-corrected chi connectivity index (χ4v) is 2.84. The summed E-state index contributed by atoms with van der Waals surface area (Å²) >= 11 is 0. The van der Waals surface area contributed by atoms with Crippen LogP contribution in [0.5, 0.6) is 0 Å². The molecule has 2 N–H and O–H groups in total. The Morgan fingerprint density at radius 1 is 1.14 bits per heavy atom. The van der Waals surface area contributed by atoms with Crippen LogP contribution < -0.4 is 10.6 Å². The van der Waals surface area contributed by atoms with E-state index in [-0.39, 0.29) is 18.3 Å². The van der Waals surface area contributed by atoms with Crippen molar-refractivity contribution >= 4 is 18.3 Å². The maximum atomic E-state index is 11.8. The number of carbonyl (C=O) groups excluding carboxylic acids is 1. The van der Waals surface area contributed by atoms with Gasteiger partial charge in [-0.15, -0.1) is 12.4 Å². The number of nitrogens with one attached hydrogen (secondary N) is 2. The first-order chi connectivity index (χ1) is 10.3. The third kappa shape index (κ3) is 7.76. The number of halogens is 1. The van der Waals surface area contributed by atoms with Crippen molar-refractivity contribution in [3.05, 3.63) is 30.1 Å². The average Bonchev–Trinajstić information content (AvgIpc) is 2.79. The first kappa shape index (κ1) is 18.9. The van der Waals surface area contributed by atoms with E-state index in [9.17, 15) is 4.79 Å². The summed E-state index contributed by atoms with van der Waals surface area (Å²) in [7, 11) is 0. The molecule has 1 amide bonds. The molecular formula is C17H28ClN3O. The van der Waals surface area contributed by atoms with Gasteiger partial charge in [0.1, 0.15) is 0 Å². The van der Waals surface area contributed by atoms with Crippen LogP contribution in [0.25, 0.3) is 0 Å². The van der Waals surface area contributed by atoms with Gasteiger partial charge in [-0.25, -0.2) is 0 Å². The molecule has 1 aliphatic carbocycles. The van der Waals surface area contributed by atoms with Crippen molar-refractivity contribution in [2.45, 2.75) is 57.4 Å². The van der Waals surface area contributed by atoms with Crippen LogP contribution in [0.15, 0.2) is 24.4 Å². The summed E-state index contributed by atoms with van der Waals surface area (Å²) in [6.45, 7) is 1.59. The van der Waals surface area contributed by atoms with E-state index >= 15 is 0 Å². The van der Waals surface area contributed by atoms with Gasteiger partial charge in [-0.2, -0.15) is 0 Å². The van der Waals surface area contributed by atoms with Crippen molar-refractivity contribution < 1.29 is 4.79 Å². The summed E-state index contributed by atoms with van der Waals surface area (Å²) in [6.07, 6.45) is 11.0. The number of hydrogen-bond donors (Lipinski definition) is 2. The maximum absolute atomic E-state index is 11.8. The molecule has 1 aromatic heterocycles. The third-order valence-electron chi connectivity index (χ3n) is 4.07. The molecule has 2 rings (SSSR count). The fraction of sp³-hybridized carbons (Fsp3) is 0.647. The molecule has 0 saturated heterocycles. The molecule has 0 unspecified atom stereocenters. The molecule has 0 aliphatic heterocycles. The Morgan fingerprint density at radius 3 is 2.59 bits per heavy atom. The normalized spacial score (nSPS) is 15.6. The number of rotatable bonds is 7. The molecule has 1 saturated carbocycles. The minimum atomic E-state index is 0. The number of nitrogens with zero attached hydrogens (tertiary/aromatic N) is 1. The minimum Gasteiger partial charge on any atom is -0.355 e. The molecule has 0 atom stereocenters. The van der Waals surface area contributed by atoms with E-state index in [1.54, 1.807) is 6.20 Å². The number of aromatic nitrogens is 1. The zero-order valence-electron chi connectivity index (χ0n) is 13.2. The minimum absolute atomic E-state index is 0. The largest absolute Gasteiger partial charge is 0.355 e. The summed E-state index contributed by atoms with van der Waals surface area (Å²) in [5, 5.41) is 6.54. The van der Waals surface area contributed by atoms with Crippen LogP contribution in [-0.4, -0.2) is 30.0 Å². The second-order valence-corrected chi connectivity index (χ2v) is 5.81. The van der Waals surface area contributed by atoms with Gasteiger partial charge in [0.2, 0.25) is 5.91 Å². The highest BCUT2D eigenvalue weighted by atomic mass is 35.5. The number of hydrogen-bond acceptors (Lipinski definition) is 3. The van der Waals surface area contributed by atoms with Gasteiger partial charge in [-0.05, 0) is 31.4 Å². The van der Waals surface area contributed by atoms with E-state index in [2.05, 4.69) is 15.6 Å². The molecule has 1 aromatic rings. The molecule has 0 aromatic carbocycles. The number of aryl methyl sites for hydroxylation is 1. The predicted molar refractivity (Wildman–Crippen MR) is 92.3 cm³/mol. The lowest BCUT2D eigenvalue weighted by Gasteiger charge is -2.16. The van der Waals surface area contributed by atoms with Crippen molar-refractivity contribution in [2.75, 3.05) is 13.1 Å². The Balaban J connectivity index is 0.00000242. The molecule has 22 heavy (non-hydrogen) atoms. The summed E-state index contributed by atoms with van der Waals surface area (Å²) in [5.74, 6) is 0.114. The predicted octanol–water partition coefficient (Wildman–Crippen LogP) is 2.86. The van der Waals surface area contributed by atoms with Crippen molar-refractivity contribution in [2.24, 2.45) is 0 Å². The van der Waals surface area contributed by atoms with E-state index in [1.165, 1.54) is 38.5 Å². The van der Waals surface area contributed by atoms with E-state index in [4.69, 9.17) is 0 Å². The monoisotopic (exact) mass is 325 g/mol. The molecular weight excluding hydrogens is 298 g/mol. The highest BCUT2D eigenvalue weighted by Gasteiger charge is 2.11. The molecule has 5 heteroatoms. The smallest absolute Gasteiger partial charge is 0.220 e. The number of pyridine rings is 1. The summed E-state index contributed by atoms with van der Waals surface area (Å²) < 4.78 is 0. The van der Waals surface area contributed by atoms with Crippen molar-refractivity contribution in [1.29, 1.82) is 0 Å². The second-order valence-electron chi connectivity index (χ2n) is 5.81. The Labute approximate surface area is 139 Å². The van der Waals surface area contributed by atoms with E-state index in [0.717, 1.165) is 18.8 Å². The molecule has 124 valence electrons. The highest BCUT2D eigenvalue weighted by Crippen LogP contribution is 2.16. The molecule has 1 fully saturated rings. The third-order valence-corrected chi connectivity index (χ3v) is 4.07. The Kier molecular flexibility index (Phi) is 9.84.